The number of nitrogens with one attached hydrogen (secondary N) is 1. The van der Waals surface area contributed by atoms with Crippen LogP contribution in [-0.2, 0) is 17.9 Å². The van der Waals surface area contributed by atoms with E-state index in [1.54, 1.807) is 24.3 Å². The van der Waals surface area contributed by atoms with Crippen molar-refractivity contribution in [2.75, 3.05) is 6.61 Å². The normalized spacial score (nSPS) is 10.8. The van der Waals surface area contributed by atoms with Crippen LogP contribution in [0.1, 0.15) is 29.2 Å². The lowest BCUT2D eigenvalue weighted by Crippen LogP contribution is -2.23. The molecule has 0 atom stereocenters. The van der Waals surface area contributed by atoms with Gasteiger partial charge in [0, 0.05) is 6.54 Å². The van der Waals surface area contributed by atoms with E-state index in [9.17, 15) is 10.1 Å². The Hall–Kier alpha value is -4.04. The van der Waals surface area contributed by atoms with E-state index < -0.39 is 5.91 Å². The van der Waals surface area contributed by atoms with E-state index in [2.05, 4.69) is 11.4 Å². The summed E-state index contributed by atoms with van der Waals surface area (Å²) in [6.45, 7) is 5.18. The molecule has 5 heteroatoms. The number of nitrogens with zero attached hydrogens (tertiary/aromatic N) is 1. The van der Waals surface area contributed by atoms with Crippen LogP contribution in [0, 0.1) is 18.3 Å². The first-order valence-electron chi connectivity index (χ1n) is 10.5. The third-order valence-electron chi connectivity index (χ3n) is 4.72. The predicted octanol–water partition coefficient (Wildman–Crippen LogP) is 5.20. The zero-order valence-electron chi connectivity index (χ0n) is 18.3. The van der Waals surface area contributed by atoms with E-state index in [0.717, 1.165) is 11.1 Å². The Balaban J connectivity index is 1.72. The fourth-order valence-electron chi connectivity index (χ4n) is 3.15. The Morgan fingerprint density at radius 1 is 0.969 bits per heavy atom. The minimum absolute atomic E-state index is 0.0248. The average molecular weight is 427 g/mol. The highest BCUT2D eigenvalue weighted by Crippen LogP contribution is 2.30. The van der Waals surface area contributed by atoms with Crippen molar-refractivity contribution >= 4 is 12.0 Å². The standard InChI is InChI=1S/C27H26N2O3/c1-3-31-26-16-22(12-13-25(26)32-19-23-11-7-8-20(2)14-23)15-24(17-28)27(30)29-18-21-9-5-4-6-10-21/h4-16H,3,18-19H2,1-2H3,(H,29,30)/b24-15-. The molecule has 0 aliphatic carbocycles. The molecule has 1 amide bonds. The number of aryl methyl sites for hydroxylation is 1. The average Bonchev–Trinajstić information content (AvgIpc) is 2.81. The van der Waals surface area contributed by atoms with Gasteiger partial charge in [-0.1, -0.05) is 66.2 Å². The van der Waals surface area contributed by atoms with Gasteiger partial charge >= 0.3 is 0 Å². The Kier molecular flexibility index (Phi) is 8.05. The number of carbonyl (C=O) groups excluding carboxylic acids is 1. The molecule has 0 radical (unpaired) electrons. The fraction of sp³-hybridized carbons (Fsp3) is 0.185. The minimum atomic E-state index is -0.422. The van der Waals surface area contributed by atoms with Crippen LogP contribution in [0.15, 0.2) is 78.4 Å². The number of amides is 1. The van der Waals surface area contributed by atoms with Crippen LogP contribution in [0.2, 0.25) is 0 Å². The van der Waals surface area contributed by atoms with E-state index in [1.807, 2.05) is 68.4 Å². The topological polar surface area (TPSA) is 71.3 Å². The fourth-order valence-corrected chi connectivity index (χ4v) is 3.15. The number of hydrogen-bond donors (Lipinski definition) is 1. The van der Waals surface area contributed by atoms with Gasteiger partial charge < -0.3 is 14.8 Å². The molecule has 0 aromatic heterocycles. The maximum Gasteiger partial charge on any atom is 0.262 e. The van der Waals surface area contributed by atoms with Crippen LogP contribution >= 0.6 is 0 Å². The minimum Gasteiger partial charge on any atom is -0.490 e. The van der Waals surface area contributed by atoms with Crippen molar-refractivity contribution in [2.45, 2.75) is 27.0 Å². The summed E-state index contributed by atoms with van der Waals surface area (Å²) in [5.74, 6) is 0.752. The van der Waals surface area contributed by atoms with E-state index in [4.69, 9.17) is 9.47 Å². The maximum absolute atomic E-state index is 12.5. The first-order valence-corrected chi connectivity index (χ1v) is 10.5. The number of carbonyl (C=O) groups is 1. The lowest BCUT2D eigenvalue weighted by Gasteiger charge is -2.13. The molecule has 32 heavy (non-hydrogen) atoms. The summed E-state index contributed by atoms with van der Waals surface area (Å²) < 4.78 is 11.7. The quantitative estimate of drug-likeness (QED) is 0.377. The summed E-state index contributed by atoms with van der Waals surface area (Å²) in [4.78, 5) is 12.5. The summed E-state index contributed by atoms with van der Waals surface area (Å²) >= 11 is 0. The van der Waals surface area contributed by atoms with Crippen LogP contribution in [0.4, 0.5) is 0 Å². The number of nitriles is 1. The van der Waals surface area contributed by atoms with Gasteiger partial charge in [-0.25, -0.2) is 0 Å². The summed E-state index contributed by atoms with van der Waals surface area (Å²) in [6, 6.07) is 25.0. The highest BCUT2D eigenvalue weighted by atomic mass is 16.5. The monoisotopic (exact) mass is 426 g/mol. The molecule has 0 fully saturated rings. The molecular formula is C27H26N2O3. The van der Waals surface area contributed by atoms with Crippen LogP contribution in [-0.4, -0.2) is 12.5 Å². The van der Waals surface area contributed by atoms with Crippen molar-refractivity contribution in [3.63, 3.8) is 0 Å². The first-order chi connectivity index (χ1) is 15.6. The summed E-state index contributed by atoms with van der Waals surface area (Å²) in [5, 5.41) is 12.3. The number of benzene rings is 3. The smallest absolute Gasteiger partial charge is 0.262 e. The molecule has 0 bridgehead atoms. The Labute approximate surface area is 188 Å². The van der Waals surface area contributed by atoms with Crippen molar-refractivity contribution in [1.29, 1.82) is 5.26 Å². The Morgan fingerprint density at radius 3 is 2.47 bits per heavy atom. The second-order valence-electron chi connectivity index (χ2n) is 7.26. The molecule has 0 heterocycles. The van der Waals surface area contributed by atoms with Crippen LogP contribution in [0.5, 0.6) is 11.5 Å². The molecule has 5 nitrogen and oxygen atoms in total. The summed E-state index contributed by atoms with van der Waals surface area (Å²) in [7, 11) is 0. The molecule has 3 aromatic carbocycles. The largest absolute Gasteiger partial charge is 0.490 e. The lowest BCUT2D eigenvalue weighted by atomic mass is 10.1. The molecule has 0 aliphatic rings. The van der Waals surface area contributed by atoms with Crippen molar-refractivity contribution in [2.24, 2.45) is 0 Å². The van der Waals surface area contributed by atoms with Crippen LogP contribution in [0.3, 0.4) is 0 Å². The molecule has 0 unspecified atom stereocenters. The van der Waals surface area contributed by atoms with Crippen LogP contribution < -0.4 is 14.8 Å². The molecule has 0 saturated heterocycles. The molecule has 3 aromatic rings. The van der Waals surface area contributed by atoms with Gasteiger partial charge in [0.2, 0.25) is 0 Å². The van der Waals surface area contributed by atoms with Crippen molar-refractivity contribution < 1.29 is 14.3 Å². The van der Waals surface area contributed by atoms with E-state index in [0.29, 0.717) is 36.8 Å². The number of rotatable bonds is 9. The highest BCUT2D eigenvalue weighted by molar-refractivity contribution is 6.01. The Bertz CT molecular complexity index is 1130. The molecule has 1 N–H and O–H groups in total. The van der Waals surface area contributed by atoms with E-state index in [-0.39, 0.29) is 5.57 Å². The van der Waals surface area contributed by atoms with Crippen molar-refractivity contribution in [1.82, 2.24) is 5.32 Å². The molecule has 0 aliphatic heterocycles. The zero-order valence-corrected chi connectivity index (χ0v) is 18.3. The second-order valence-corrected chi connectivity index (χ2v) is 7.26. The molecule has 3 rings (SSSR count). The van der Waals surface area contributed by atoms with E-state index >= 15 is 0 Å². The van der Waals surface area contributed by atoms with Gasteiger partial charge in [0.15, 0.2) is 11.5 Å². The molecule has 162 valence electrons. The van der Waals surface area contributed by atoms with Gasteiger partial charge in [-0.05, 0) is 48.7 Å². The predicted molar refractivity (Wildman–Crippen MR) is 125 cm³/mol. The SMILES string of the molecule is CCOc1cc(/C=C(/C#N)C(=O)NCc2ccccc2)ccc1OCc1cccc(C)c1. The van der Waals surface area contributed by atoms with Crippen molar-refractivity contribution in [3.8, 4) is 17.6 Å². The third kappa shape index (κ3) is 6.48. The lowest BCUT2D eigenvalue weighted by molar-refractivity contribution is -0.117. The zero-order chi connectivity index (χ0) is 22.8. The van der Waals surface area contributed by atoms with Crippen LogP contribution in [0.25, 0.3) is 6.08 Å². The Morgan fingerprint density at radius 2 is 1.75 bits per heavy atom. The molecule has 0 saturated carbocycles. The highest BCUT2D eigenvalue weighted by Gasteiger charge is 2.11. The number of hydrogen-bond acceptors (Lipinski definition) is 4. The van der Waals surface area contributed by atoms with Gasteiger partial charge in [0.05, 0.1) is 6.61 Å². The molecule has 0 spiro atoms. The van der Waals surface area contributed by atoms with Gasteiger partial charge in [0.25, 0.3) is 5.91 Å². The van der Waals surface area contributed by atoms with Gasteiger partial charge in [-0.2, -0.15) is 5.26 Å². The van der Waals surface area contributed by atoms with Gasteiger partial charge in [-0.3, -0.25) is 4.79 Å². The molecular weight excluding hydrogens is 400 g/mol. The first kappa shape index (κ1) is 22.6. The van der Waals surface area contributed by atoms with Gasteiger partial charge in [-0.15, -0.1) is 0 Å². The van der Waals surface area contributed by atoms with Crippen molar-refractivity contribution in [3.05, 3.63) is 101 Å². The van der Waals surface area contributed by atoms with Gasteiger partial charge in [0.1, 0.15) is 18.2 Å². The maximum atomic E-state index is 12.5. The second kappa shape index (κ2) is 11.4. The third-order valence-corrected chi connectivity index (χ3v) is 4.72. The number of ether oxygens (including phenoxy) is 2. The van der Waals surface area contributed by atoms with E-state index in [1.165, 1.54) is 5.56 Å². The summed E-state index contributed by atoms with van der Waals surface area (Å²) in [6.07, 6.45) is 1.55. The summed E-state index contributed by atoms with van der Waals surface area (Å²) in [5.41, 5.74) is 3.91.